The van der Waals surface area contributed by atoms with E-state index < -0.39 is 4.92 Å². The Morgan fingerprint density at radius 1 is 1.35 bits per heavy atom. The lowest BCUT2D eigenvalue weighted by Gasteiger charge is -2.03. The fourth-order valence-electron chi connectivity index (χ4n) is 1.83. The molecule has 100 valence electrons. The molecule has 0 atom stereocenters. The molecule has 2 aromatic heterocycles. The maximum absolute atomic E-state index is 11.0. The van der Waals surface area contributed by atoms with E-state index in [0.29, 0.717) is 11.3 Å². The summed E-state index contributed by atoms with van der Waals surface area (Å²) in [5.41, 5.74) is 1.18. The van der Waals surface area contributed by atoms with Crippen molar-refractivity contribution in [3.8, 4) is 11.4 Å². The lowest BCUT2D eigenvalue weighted by molar-refractivity contribution is -0.383. The Hall–Kier alpha value is -1.57. The van der Waals surface area contributed by atoms with E-state index in [4.69, 9.17) is 11.6 Å². The molecule has 0 saturated carbocycles. The van der Waals surface area contributed by atoms with Gasteiger partial charge in [0.25, 0.3) is 5.69 Å². The third-order valence-corrected chi connectivity index (χ3v) is 4.46. The summed E-state index contributed by atoms with van der Waals surface area (Å²) in [7, 11) is 0. The summed E-state index contributed by atoms with van der Waals surface area (Å²) in [5.74, 6) is 0.449. The highest BCUT2D eigenvalue weighted by Gasteiger charge is 2.18. The molecular formula is C12H5BrClN3O2S. The lowest BCUT2D eigenvalue weighted by Crippen LogP contribution is -1.95. The minimum absolute atomic E-state index is 0.0830. The number of nitro benzene ring substituents is 1. The van der Waals surface area contributed by atoms with Gasteiger partial charge in [-0.15, -0.1) is 11.3 Å². The molecular weight excluding hydrogens is 366 g/mol. The quantitative estimate of drug-likeness (QED) is 0.373. The summed E-state index contributed by atoms with van der Waals surface area (Å²) >= 11 is 11.0. The second kappa shape index (κ2) is 5.08. The van der Waals surface area contributed by atoms with Gasteiger partial charge in [0.2, 0.25) is 0 Å². The van der Waals surface area contributed by atoms with Crippen LogP contribution in [-0.4, -0.2) is 14.9 Å². The maximum atomic E-state index is 11.0. The van der Waals surface area contributed by atoms with Gasteiger partial charge in [-0.3, -0.25) is 10.1 Å². The summed E-state index contributed by atoms with van der Waals surface area (Å²) in [5, 5.41) is 13.2. The number of hydrogen-bond donors (Lipinski definition) is 0. The smallest absolute Gasteiger partial charge is 0.258 e. The van der Waals surface area contributed by atoms with Crippen molar-refractivity contribution in [2.75, 3.05) is 0 Å². The number of thiophene rings is 1. The van der Waals surface area contributed by atoms with E-state index in [2.05, 4.69) is 25.9 Å². The normalized spacial score (nSPS) is 10.9. The number of fused-ring (bicyclic) bond motifs is 1. The fourth-order valence-corrected chi connectivity index (χ4v) is 3.24. The van der Waals surface area contributed by atoms with E-state index in [0.717, 1.165) is 9.35 Å². The minimum atomic E-state index is -0.488. The van der Waals surface area contributed by atoms with Crippen LogP contribution in [0.2, 0.25) is 5.15 Å². The number of nitrogens with zero attached hydrogens (tertiary/aromatic N) is 3. The van der Waals surface area contributed by atoms with Gasteiger partial charge in [-0.25, -0.2) is 9.97 Å². The molecule has 3 aromatic rings. The Kier molecular flexibility index (Phi) is 3.41. The van der Waals surface area contributed by atoms with Crippen LogP contribution in [0.5, 0.6) is 0 Å². The summed E-state index contributed by atoms with van der Waals surface area (Å²) in [6, 6.07) is 6.52. The van der Waals surface area contributed by atoms with Crippen molar-refractivity contribution in [1.82, 2.24) is 9.97 Å². The molecule has 5 nitrogen and oxygen atoms in total. The lowest BCUT2D eigenvalue weighted by atomic mass is 10.2. The van der Waals surface area contributed by atoms with E-state index in [1.54, 1.807) is 12.1 Å². The SMILES string of the molecule is O=[N+]([O-])c1cccc2nc(-c3csc(Br)c3)nc(Cl)c12. The van der Waals surface area contributed by atoms with Crippen molar-refractivity contribution < 1.29 is 4.92 Å². The average Bonchev–Trinajstić information content (AvgIpc) is 2.84. The van der Waals surface area contributed by atoms with Gasteiger partial charge in [-0.05, 0) is 28.1 Å². The first-order chi connectivity index (χ1) is 9.56. The molecule has 20 heavy (non-hydrogen) atoms. The zero-order valence-electron chi connectivity index (χ0n) is 9.71. The predicted molar refractivity (Wildman–Crippen MR) is 82.2 cm³/mol. The van der Waals surface area contributed by atoms with Crippen LogP contribution in [0.15, 0.2) is 33.4 Å². The van der Waals surface area contributed by atoms with E-state index in [9.17, 15) is 10.1 Å². The second-order valence-corrected chi connectivity index (χ2v) is 6.55. The maximum Gasteiger partial charge on any atom is 0.281 e. The molecule has 0 aliphatic heterocycles. The van der Waals surface area contributed by atoms with E-state index in [1.165, 1.54) is 17.4 Å². The van der Waals surface area contributed by atoms with Gasteiger partial charge >= 0.3 is 0 Å². The fraction of sp³-hybridized carbons (Fsp3) is 0. The number of rotatable bonds is 2. The minimum Gasteiger partial charge on any atom is -0.258 e. The van der Waals surface area contributed by atoms with Gasteiger partial charge in [0.05, 0.1) is 14.2 Å². The molecule has 0 spiro atoms. The van der Waals surface area contributed by atoms with Gasteiger partial charge in [-0.2, -0.15) is 0 Å². The van der Waals surface area contributed by atoms with Crippen LogP contribution in [0.1, 0.15) is 0 Å². The first-order valence-electron chi connectivity index (χ1n) is 5.41. The second-order valence-electron chi connectivity index (χ2n) is 3.91. The topological polar surface area (TPSA) is 68.9 Å². The third-order valence-electron chi connectivity index (χ3n) is 2.68. The van der Waals surface area contributed by atoms with Crippen molar-refractivity contribution in [1.29, 1.82) is 0 Å². The summed E-state index contributed by atoms with van der Waals surface area (Å²) in [6.07, 6.45) is 0. The van der Waals surface area contributed by atoms with Crippen molar-refractivity contribution in [2.24, 2.45) is 0 Å². The number of nitro groups is 1. The number of hydrogen-bond acceptors (Lipinski definition) is 5. The third kappa shape index (κ3) is 2.28. The largest absolute Gasteiger partial charge is 0.281 e. The highest BCUT2D eigenvalue weighted by molar-refractivity contribution is 9.11. The Morgan fingerprint density at radius 3 is 2.80 bits per heavy atom. The van der Waals surface area contributed by atoms with Gasteiger partial charge < -0.3 is 0 Å². The van der Waals surface area contributed by atoms with E-state index >= 15 is 0 Å². The molecule has 2 heterocycles. The van der Waals surface area contributed by atoms with Crippen molar-refractivity contribution >= 4 is 55.5 Å². The molecule has 1 aromatic carbocycles. The molecule has 0 radical (unpaired) electrons. The van der Waals surface area contributed by atoms with Crippen molar-refractivity contribution in [3.05, 3.63) is 48.7 Å². The van der Waals surface area contributed by atoms with Crippen molar-refractivity contribution in [3.63, 3.8) is 0 Å². The zero-order valence-corrected chi connectivity index (χ0v) is 12.9. The van der Waals surface area contributed by atoms with E-state index in [1.807, 2.05) is 11.4 Å². The van der Waals surface area contributed by atoms with Gasteiger partial charge in [0.15, 0.2) is 5.82 Å². The Morgan fingerprint density at radius 2 is 2.15 bits per heavy atom. The Labute approximate surface area is 130 Å². The van der Waals surface area contributed by atoms with Crippen LogP contribution in [0.4, 0.5) is 5.69 Å². The molecule has 0 fully saturated rings. The Balaban J connectivity index is 2.28. The first kappa shape index (κ1) is 13.4. The van der Waals surface area contributed by atoms with Gasteiger partial charge in [0.1, 0.15) is 10.5 Å². The highest BCUT2D eigenvalue weighted by Crippen LogP contribution is 2.33. The standard InChI is InChI=1S/C12H5BrClN3O2S/c13-9-4-6(5-20-9)12-15-7-2-1-3-8(17(18)19)10(7)11(14)16-12/h1-5H. The zero-order chi connectivity index (χ0) is 14.3. The van der Waals surface area contributed by atoms with Crippen molar-refractivity contribution in [2.45, 2.75) is 0 Å². The predicted octanol–water partition coefficient (Wildman–Crippen LogP) is 4.68. The summed E-state index contributed by atoms with van der Waals surface area (Å²) < 4.78 is 0.950. The monoisotopic (exact) mass is 369 g/mol. The number of halogens is 2. The molecule has 3 rings (SSSR count). The van der Waals surface area contributed by atoms with Crippen LogP contribution >= 0.6 is 38.9 Å². The van der Waals surface area contributed by atoms with E-state index in [-0.39, 0.29) is 16.2 Å². The number of aromatic nitrogens is 2. The highest BCUT2D eigenvalue weighted by atomic mass is 79.9. The van der Waals surface area contributed by atoms with Crippen LogP contribution < -0.4 is 0 Å². The first-order valence-corrected chi connectivity index (χ1v) is 7.46. The van der Waals surface area contributed by atoms with Crippen LogP contribution in [-0.2, 0) is 0 Å². The van der Waals surface area contributed by atoms with Crippen LogP contribution in [0.25, 0.3) is 22.3 Å². The average molecular weight is 371 g/mol. The molecule has 0 unspecified atom stereocenters. The van der Waals surface area contributed by atoms with Crippen LogP contribution in [0.3, 0.4) is 0 Å². The molecule has 0 aliphatic carbocycles. The van der Waals surface area contributed by atoms with Crippen LogP contribution in [0, 0.1) is 10.1 Å². The molecule has 0 aliphatic rings. The number of non-ortho nitro benzene ring substituents is 1. The molecule has 0 N–H and O–H groups in total. The Bertz CT molecular complexity index is 837. The molecule has 0 saturated heterocycles. The molecule has 0 amide bonds. The van der Waals surface area contributed by atoms with Gasteiger partial charge in [-0.1, -0.05) is 17.7 Å². The molecule has 8 heteroatoms. The summed E-state index contributed by atoms with van der Waals surface area (Å²) in [4.78, 5) is 19.0. The van der Waals surface area contributed by atoms with Gasteiger partial charge in [0, 0.05) is 17.0 Å². The molecule has 0 bridgehead atoms. The number of benzene rings is 1. The summed E-state index contributed by atoms with van der Waals surface area (Å²) in [6.45, 7) is 0.